The number of carbonyl (C=O) groups is 1. The molecule has 1 amide bonds. The highest BCUT2D eigenvalue weighted by Gasteiger charge is 2.35. The Kier molecular flexibility index (Phi) is 5.31. The number of benzene rings is 1. The number of hydrogen-bond acceptors (Lipinski definition) is 7. The molecule has 0 saturated heterocycles. The first kappa shape index (κ1) is 21.1. The topological polar surface area (TPSA) is 117 Å². The van der Waals surface area contributed by atoms with E-state index in [1.54, 1.807) is 12.1 Å². The minimum atomic E-state index is -0.488. The zero-order valence-electron chi connectivity index (χ0n) is 17.2. The average molecular weight is 455 g/mol. The van der Waals surface area contributed by atoms with E-state index in [-0.39, 0.29) is 17.1 Å². The van der Waals surface area contributed by atoms with Gasteiger partial charge in [-0.15, -0.1) is 16.9 Å². The molecule has 0 radical (unpaired) electrons. The minimum Gasteiger partial charge on any atom is -0.317 e. The van der Waals surface area contributed by atoms with Crippen molar-refractivity contribution in [2.24, 2.45) is 10.1 Å². The molecule has 0 fully saturated rings. The first-order chi connectivity index (χ1) is 14.7. The number of carbonyl (C=O) groups excluding carboxylic acids is 1. The fourth-order valence-corrected chi connectivity index (χ4v) is 4.82. The number of aliphatic imine (C=N–C) groups is 1. The Bertz CT molecular complexity index is 1260. The fraction of sp³-hybridized carbons (Fsp3) is 0.200. The third-order valence-corrected chi connectivity index (χ3v) is 6.91. The zero-order valence-corrected chi connectivity index (χ0v) is 18.8. The van der Waals surface area contributed by atoms with Gasteiger partial charge in [0.1, 0.15) is 0 Å². The Balaban J connectivity index is 1.79. The molecule has 1 aromatic carbocycles. The molecule has 2 aliphatic heterocycles. The van der Waals surface area contributed by atoms with Gasteiger partial charge in [0.25, 0.3) is 11.6 Å². The highest BCUT2D eigenvalue weighted by molar-refractivity contribution is 8.45. The predicted molar refractivity (Wildman–Crippen MR) is 125 cm³/mol. The summed E-state index contributed by atoms with van der Waals surface area (Å²) in [6.45, 7) is 5.65. The summed E-state index contributed by atoms with van der Waals surface area (Å²) in [5.74, 6) is -0.513. The number of nitrogens with one attached hydrogen (secondary N) is 1. The number of thioether (sulfide) groups is 2. The van der Waals surface area contributed by atoms with Gasteiger partial charge in [-0.3, -0.25) is 20.3 Å². The van der Waals surface area contributed by atoms with Crippen LogP contribution in [0.5, 0.6) is 0 Å². The molecular formula is C20H18N6O3S2. The second kappa shape index (κ2) is 7.82. The number of nitrogens with zero attached hydrogens (tertiary/aromatic N) is 5. The van der Waals surface area contributed by atoms with Crippen LogP contribution in [0.3, 0.4) is 0 Å². The number of nitro benzene ring substituents is 1. The van der Waals surface area contributed by atoms with Crippen LogP contribution in [0.4, 0.5) is 5.69 Å². The van der Waals surface area contributed by atoms with Gasteiger partial charge in [0.15, 0.2) is 10.2 Å². The third kappa shape index (κ3) is 3.59. The summed E-state index contributed by atoms with van der Waals surface area (Å²) in [4.78, 5) is 27.5. The molecule has 0 aliphatic carbocycles. The van der Waals surface area contributed by atoms with Gasteiger partial charge in [-0.2, -0.15) is 10.0 Å². The van der Waals surface area contributed by atoms with Crippen molar-refractivity contribution in [3.63, 3.8) is 0 Å². The highest BCUT2D eigenvalue weighted by Crippen LogP contribution is 2.33. The van der Waals surface area contributed by atoms with Gasteiger partial charge in [-0.05, 0) is 62.1 Å². The molecule has 0 spiro atoms. The largest absolute Gasteiger partial charge is 0.317 e. The maximum absolute atomic E-state index is 12.6. The van der Waals surface area contributed by atoms with Crippen LogP contribution in [0.2, 0.25) is 0 Å². The zero-order chi connectivity index (χ0) is 22.4. The van der Waals surface area contributed by atoms with Crippen molar-refractivity contribution in [3.05, 3.63) is 62.5 Å². The molecule has 11 heteroatoms. The molecule has 4 rings (SSSR count). The van der Waals surface area contributed by atoms with Gasteiger partial charge in [0, 0.05) is 23.5 Å². The molecule has 0 unspecified atom stereocenters. The molecule has 0 atom stereocenters. The average Bonchev–Trinajstić information content (AvgIpc) is 3.26. The second-order valence-corrected chi connectivity index (χ2v) is 8.99. The molecule has 31 heavy (non-hydrogen) atoms. The van der Waals surface area contributed by atoms with Crippen molar-refractivity contribution in [1.82, 2.24) is 9.58 Å². The Morgan fingerprint density at radius 3 is 2.68 bits per heavy atom. The number of nitro groups is 1. The SMILES string of the molecule is CSC1=NN2C(=N)/C(=C/c3cc(C)n(-c4cc([N+](=O)[O-])ccc4C)c3C)C(=O)N=C2S1. The number of hydrazone groups is 1. The molecule has 2 aliphatic rings. The van der Waals surface area contributed by atoms with Crippen LogP contribution in [-0.2, 0) is 4.79 Å². The number of non-ortho nitro benzene ring substituents is 1. The van der Waals surface area contributed by atoms with Gasteiger partial charge >= 0.3 is 0 Å². The smallest absolute Gasteiger partial charge is 0.283 e. The van der Waals surface area contributed by atoms with Crippen LogP contribution in [0.1, 0.15) is 22.5 Å². The number of aromatic nitrogens is 1. The molecule has 0 bridgehead atoms. The first-order valence-electron chi connectivity index (χ1n) is 9.20. The highest BCUT2D eigenvalue weighted by atomic mass is 32.2. The van der Waals surface area contributed by atoms with E-state index in [9.17, 15) is 14.9 Å². The van der Waals surface area contributed by atoms with Crippen molar-refractivity contribution in [1.29, 1.82) is 5.41 Å². The Morgan fingerprint density at radius 2 is 2.00 bits per heavy atom. The lowest BCUT2D eigenvalue weighted by Crippen LogP contribution is -2.35. The van der Waals surface area contributed by atoms with Gasteiger partial charge in [-0.25, -0.2) is 0 Å². The lowest BCUT2D eigenvalue weighted by Gasteiger charge is -2.20. The van der Waals surface area contributed by atoms with Crippen molar-refractivity contribution >= 4 is 56.6 Å². The van der Waals surface area contributed by atoms with E-state index in [1.165, 1.54) is 40.7 Å². The lowest BCUT2D eigenvalue weighted by atomic mass is 10.1. The molecule has 3 heterocycles. The van der Waals surface area contributed by atoms with Gasteiger partial charge in [0.2, 0.25) is 5.17 Å². The maximum atomic E-state index is 12.6. The van der Waals surface area contributed by atoms with Crippen LogP contribution < -0.4 is 0 Å². The molecular weight excluding hydrogens is 436 g/mol. The number of hydrogen-bond donors (Lipinski definition) is 1. The molecule has 0 saturated carbocycles. The van der Waals surface area contributed by atoms with Crippen LogP contribution in [0.15, 0.2) is 39.9 Å². The normalized spacial score (nSPS) is 17.2. The summed E-state index contributed by atoms with van der Waals surface area (Å²) in [7, 11) is 0. The number of amidine groups is 2. The summed E-state index contributed by atoms with van der Waals surface area (Å²) >= 11 is 2.69. The lowest BCUT2D eigenvalue weighted by molar-refractivity contribution is -0.384. The van der Waals surface area contributed by atoms with Crippen LogP contribution in [-0.4, -0.2) is 42.0 Å². The summed E-state index contributed by atoms with van der Waals surface area (Å²) < 4.78 is 2.63. The minimum absolute atomic E-state index is 0.00750. The van der Waals surface area contributed by atoms with E-state index in [4.69, 9.17) is 5.41 Å². The summed E-state index contributed by atoms with van der Waals surface area (Å²) in [5.41, 5.74) is 4.12. The molecule has 2 aromatic rings. The van der Waals surface area contributed by atoms with Crippen LogP contribution in [0, 0.1) is 36.3 Å². The van der Waals surface area contributed by atoms with E-state index in [0.717, 1.165) is 26.9 Å². The number of fused-ring (bicyclic) bond motifs is 1. The van der Waals surface area contributed by atoms with Crippen molar-refractivity contribution < 1.29 is 9.72 Å². The summed E-state index contributed by atoms with van der Waals surface area (Å²) in [6, 6.07) is 6.62. The summed E-state index contributed by atoms with van der Waals surface area (Å²) in [5, 5.41) is 25.8. The fourth-order valence-electron chi connectivity index (χ4n) is 3.47. The van der Waals surface area contributed by atoms with Crippen molar-refractivity contribution in [2.75, 3.05) is 6.26 Å². The Labute approximate surface area is 186 Å². The molecule has 9 nitrogen and oxygen atoms in total. The van der Waals surface area contributed by atoms with Crippen LogP contribution in [0.25, 0.3) is 11.8 Å². The predicted octanol–water partition coefficient (Wildman–Crippen LogP) is 4.25. The molecule has 158 valence electrons. The van der Waals surface area contributed by atoms with E-state index >= 15 is 0 Å². The molecule has 1 N–H and O–H groups in total. The van der Waals surface area contributed by atoms with E-state index < -0.39 is 10.8 Å². The first-order valence-corrected chi connectivity index (χ1v) is 11.2. The van der Waals surface area contributed by atoms with Gasteiger partial charge < -0.3 is 4.57 Å². The summed E-state index contributed by atoms with van der Waals surface area (Å²) in [6.07, 6.45) is 3.51. The quantitative estimate of drug-likeness (QED) is 0.421. The number of aryl methyl sites for hydroxylation is 2. The maximum Gasteiger partial charge on any atom is 0.283 e. The van der Waals surface area contributed by atoms with Gasteiger partial charge in [-0.1, -0.05) is 6.07 Å². The monoisotopic (exact) mass is 454 g/mol. The van der Waals surface area contributed by atoms with Crippen molar-refractivity contribution in [3.8, 4) is 5.69 Å². The standard InChI is InChI=1S/C20H18N6O3S2/c1-10-5-6-14(26(28)29)9-16(10)24-11(2)7-13(12(24)3)8-15-17(21)25-19(22-18(15)27)31-20(23-25)30-4/h5-9,21H,1-4H3/b15-8-,21-17?. The Morgan fingerprint density at radius 1 is 1.26 bits per heavy atom. The van der Waals surface area contributed by atoms with E-state index in [2.05, 4.69) is 10.1 Å². The number of amides is 1. The second-order valence-electron chi connectivity index (χ2n) is 6.98. The van der Waals surface area contributed by atoms with Crippen LogP contribution >= 0.6 is 23.5 Å². The number of rotatable bonds is 3. The third-order valence-electron chi connectivity index (χ3n) is 5.03. The van der Waals surface area contributed by atoms with E-state index in [1.807, 2.05) is 37.7 Å². The van der Waals surface area contributed by atoms with E-state index in [0.29, 0.717) is 10.9 Å². The van der Waals surface area contributed by atoms with Gasteiger partial charge in [0.05, 0.1) is 16.2 Å². The molecule has 1 aromatic heterocycles. The van der Waals surface area contributed by atoms with Crippen molar-refractivity contribution in [2.45, 2.75) is 20.8 Å². The Hall–Kier alpha value is -3.18.